The molecule has 6 heteroatoms. The maximum Gasteiger partial charge on any atom is 0.254 e. The molecule has 30 heavy (non-hydrogen) atoms. The second kappa shape index (κ2) is 9.47. The average Bonchev–Trinajstić information content (AvgIpc) is 3.21. The Morgan fingerprint density at radius 3 is 2.60 bits per heavy atom. The Kier molecular flexibility index (Phi) is 6.53. The Hall–Kier alpha value is -2.60. The van der Waals surface area contributed by atoms with Crippen LogP contribution in [0.15, 0.2) is 48.5 Å². The van der Waals surface area contributed by atoms with E-state index in [9.17, 15) is 9.18 Å². The van der Waals surface area contributed by atoms with Crippen LogP contribution in [0.1, 0.15) is 51.6 Å². The van der Waals surface area contributed by atoms with E-state index in [4.69, 9.17) is 0 Å². The third-order valence-electron chi connectivity index (χ3n) is 5.83. The van der Waals surface area contributed by atoms with E-state index in [0.717, 1.165) is 66.3 Å². The topological polar surface area (TPSA) is 46.1 Å². The van der Waals surface area contributed by atoms with Crippen LogP contribution in [0.25, 0.3) is 0 Å². The molecule has 2 aromatic carbocycles. The molecule has 4 rings (SSSR count). The minimum atomic E-state index is -0.225. The van der Waals surface area contributed by atoms with Crippen LogP contribution in [0, 0.1) is 18.7 Å². The Morgan fingerprint density at radius 2 is 1.87 bits per heavy atom. The summed E-state index contributed by atoms with van der Waals surface area (Å²) in [6, 6.07) is 14.3. The molecule has 0 aliphatic carbocycles. The molecule has 2 heterocycles. The lowest BCUT2D eigenvalue weighted by molar-refractivity contribution is 0.0686. The van der Waals surface area contributed by atoms with E-state index in [2.05, 4.69) is 9.36 Å². The number of piperidine rings is 1. The Balaban J connectivity index is 1.24. The fourth-order valence-corrected chi connectivity index (χ4v) is 4.66. The largest absolute Gasteiger partial charge is 0.339 e. The molecule has 0 spiro atoms. The van der Waals surface area contributed by atoms with Crippen molar-refractivity contribution in [2.24, 2.45) is 5.92 Å². The van der Waals surface area contributed by atoms with Crippen LogP contribution < -0.4 is 0 Å². The lowest BCUT2D eigenvalue weighted by Gasteiger charge is -2.32. The van der Waals surface area contributed by atoms with Gasteiger partial charge in [0, 0.05) is 31.5 Å². The number of hydrogen-bond donors (Lipinski definition) is 0. The summed E-state index contributed by atoms with van der Waals surface area (Å²) in [6.07, 6.45) is 4.73. The van der Waals surface area contributed by atoms with Crippen LogP contribution >= 0.6 is 11.5 Å². The van der Waals surface area contributed by atoms with Gasteiger partial charge in [0.25, 0.3) is 5.91 Å². The summed E-state index contributed by atoms with van der Waals surface area (Å²) in [7, 11) is 0. The van der Waals surface area contributed by atoms with Gasteiger partial charge in [0.05, 0.1) is 0 Å². The number of carbonyl (C=O) groups is 1. The maximum atomic E-state index is 13.0. The minimum absolute atomic E-state index is 0.154. The molecule has 1 aliphatic rings. The number of amides is 1. The SMILES string of the molecule is Cc1ccccc1C(=O)N1CCC(CCc2nc(Cc3ccc(F)cc3)ns2)CC1. The highest BCUT2D eigenvalue weighted by Gasteiger charge is 2.24. The highest BCUT2D eigenvalue weighted by Crippen LogP contribution is 2.25. The third-order valence-corrected chi connectivity index (χ3v) is 6.64. The minimum Gasteiger partial charge on any atom is -0.339 e. The molecular weight excluding hydrogens is 397 g/mol. The second-order valence-corrected chi connectivity index (χ2v) is 8.83. The van der Waals surface area contributed by atoms with Crippen molar-refractivity contribution in [3.8, 4) is 0 Å². The van der Waals surface area contributed by atoms with E-state index in [0.29, 0.717) is 12.3 Å². The van der Waals surface area contributed by atoms with Gasteiger partial charge in [0.1, 0.15) is 16.6 Å². The molecule has 1 aromatic heterocycles. The molecule has 0 atom stereocenters. The molecule has 1 aliphatic heterocycles. The van der Waals surface area contributed by atoms with Crippen LogP contribution in [0.4, 0.5) is 4.39 Å². The van der Waals surface area contributed by atoms with Gasteiger partial charge in [-0.1, -0.05) is 30.3 Å². The number of benzene rings is 2. The third kappa shape index (κ3) is 5.11. The molecule has 4 nitrogen and oxygen atoms in total. The van der Waals surface area contributed by atoms with Crippen LogP contribution in [0.2, 0.25) is 0 Å². The molecule has 1 saturated heterocycles. The van der Waals surface area contributed by atoms with E-state index in [1.807, 2.05) is 36.1 Å². The Morgan fingerprint density at radius 1 is 1.13 bits per heavy atom. The van der Waals surface area contributed by atoms with Crippen molar-refractivity contribution in [2.75, 3.05) is 13.1 Å². The van der Waals surface area contributed by atoms with Gasteiger partial charge < -0.3 is 4.90 Å². The van der Waals surface area contributed by atoms with Crippen LogP contribution in [-0.2, 0) is 12.8 Å². The van der Waals surface area contributed by atoms with Crippen molar-refractivity contribution in [3.63, 3.8) is 0 Å². The fraction of sp³-hybridized carbons (Fsp3) is 0.375. The summed E-state index contributed by atoms with van der Waals surface area (Å²) in [5, 5.41) is 1.06. The van der Waals surface area contributed by atoms with Crippen molar-refractivity contribution in [1.29, 1.82) is 0 Å². The molecule has 1 amide bonds. The molecule has 3 aromatic rings. The number of halogens is 1. The predicted molar refractivity (Wildman–Crippen MR) is 117 cm³/mol. The van der Waals surface area contributed by atoms with Gasteiger partial charge in [0.15, 0.2) is 0 Å². The van der Waals surface area contributed by atoms with Gasteiger partial charge in [-0.3, -0.25) is 4.79 Å². The molecule has 0 N–H and O–H groups in total. The van der Waals surface area contributed by atoms with Crippen LogP contribution in [0.5, 0.6) is 0 Å². The van der Waals surface area contributed by atoms with Crippen molar-refractivity contribution < 1.29 is 9.18 Å². The number of hydrogen-bond acceptors (Lipinski definition) is 4. The molecule has 0 radical (unpaired) electrons. The molecule has 0 unspecified atom stereocenters. The van der Waals surface area contributed by atoms with Gasteiger partial charge in [-0.25, -0.2) is 9.37 Å². The first kappa shape index (κ1) is 20.7. The molecule has 156 valence electrons. The van der Waals surface area contributed by atoms with Crippen molar-refractivity contribution >= 4 is 17.4 Å². The highest BCUT2D eigenvalue weighted by atomic mass is 32.1. The molecule has 1 fully saturated rings. The highest BCUT2D eigenvalue weighted by molar-refractivity contribution is 7.05. The fourth-order valence-electron chi connectivity index (χ4n) is 3.98. The molecule has 0 bridgehead atoms. The first-order valence-corrected chi connectivity index (χ1v) is 11.3. The summed E-state index contributed by atoms with van der Waals surface area (Å²) in [4.78, 5) is 19.4. The predicted octanol–water partition coefficient (Wildman–Crippen LogP) is 5.06. The van der Waals surface area contributed by atoms with Gasteiger partial charge >= 0.3 is 0 Å². The quantitative estimate of drug-likeness (QED) is 0.557. The number of likely N-dealkylation sites (tertiary alicyclic amines) is 1. The second-order valence-electron chi connectivity index (χ2n) is 8.00. The van der Waals surface area contributed by atoms with Gasteiger partial charge in [0.2, 0.25) is 0 Å². The van der Waals surface area contributed by atoms with Crippen molar-refractivity contribution in [3.05, 3.63) is 81.9 Å². The van der Waals surface area contributed by atoms with E-state index in [1.165, 1.54) is 23.7 Å². The zero-order valence-electron chi connectivity index (χ0n) is 17.2. The molecule has 0 saturated carbocycles. The summed E-state index contributed by atoms with van der Waals surface area (Å²) >= 11 is 1.47. The van der Waals surface area contributed by atoms with Gasteiger partial charge in [-0.2, -0.15) is 4.37 Å². The first-order chi connectivity index (χ1) is 14.6. The van der Waals surface area contributed by atoms with E-state index < -0.39 is 0 Å². The zero-order valence-corrected chi connectivity index (χ0v) is 18.0. The standard InChI is InChI=1S/C24H26FN3OS/c1-17-4-2-3-5-21(17)24(29)28-14-12-18(13-15-28)8-11-23-26-22(27-30-23)16-19-6-9-20(25)10-7-19/h2-7,9-10,18H,8,11-16H2,1H3. The lowest BCUT2D eigenvalue weighted by atomic mass is 9.92. The maximum absolute atomic E-state index is 13.0. The van der Waals surface area contributed by atoms with Crippen molar-refractivity contribution in [2.45, 2.75) is 39.0 Å². The Labute approximate surface area is 180 Å². The number of carbonyl (C=O) groups excluding carboxylic acids is 1. The van der Waals surface area contributed by atoms with Crippen LogP contribution in [-0.4, -0.2) is 33.3 Å². The van der Waals surface area contributed by atoms with Crippen molar-refractivity contribution in [1.82, 2.24) is 14.3 Å². The van der Waals surface area contributed by atoms with Gasteiger partial charge in [-0.15, -0.1) is 0 Å². The lowest BCUT2D eigenvalue weighted by Crippen LogP contribution is -2.38. The zero-order chi connectivity index (χ0) is 20.9. The Bertz CT molecular complexity index is 994. The summed E-state index contributed by atoms with van der Waals surface area (Å²) < 4.78 is 17.5. The van der Waals surface area contributed by atoms with E-state index >= 15 is 0 Å². The van der Waals surface area contributed by atoms with E-state index in [1.54, 1.807) is 12.1 Å². The monoisotopic (exact) mass is 423 g/mol. The van der Waals surface area contributed by atoms with Crippen LogP contribution in [0.3, 0.4) is 0 Å². The first-order valence-electron chi connectivity index (χ1n) is 10.5. The smallest absolute Gasteiger partial charge is 0.254 e. The number of nitrogens with zero attached hydrogens (tertiary/aromatic N) is 3. The summed E-state index contributed by atoms with van der Waals surface area (Å²) in [6.45, 7) is 3.64. The van der Waals surface area contributed by atoms with E-state index in [-0.39, 0.29) is 11.7 Å². The number of rotatable bonds is 6. The summed E-state index contributed by atoms with van der Waals surface area (Å²) in [5.41, 5.74) is 2.88. The average molecular weight is 424 g/mol. The normalized spacial score (nSPS) is 14.8. The number of aromatic nitrogens is 2. The molecular formula is C24H26FN3OS. The van der Waals surface area contributed by atoms with Gasteiger partial charge in [-0.05, 0) is 73.0 Å². The number of aryl methyl sites for hydroxylation is 2. The summed E-state index contributed by atoms with van der Waals surface area (Å²) in [5.74, 6) is 1.36.